The highest BCUT2D eigenvalue weighted by molar-refractivity contribution is 5.85. The van der Waals surface area contributed by atoms with E-state index in [1.807, 2.05) is 36.4 Å². The fraction of sp³-hybridized carbons (Fsp3) is 0.612. The molecule has 60 heavy (non-hydrogen) atoms. The number of esters is 2. The van der Waals surface area contributed by atoms with Gasteiger partial charge in [-0.1, -0.05) is 145 Å². The second-order valence-electron chi connectivity index (χ2n) is 17.0. The highest BCUT2D eigenvalue weighted by Gasteiger charge is 2.30. The van der Waals surface area contributed by atoms with Gasteiger partial charge in [0.05, 0.1) is 0 Å². The molecule has 0 aromatic heterocycles. The van der Waals surface area contributed by atoms with Crippen molar-refractivity contribution in [2.24, 2.45) is 0 Å². The SMILES string of the molecule is C=CCOC(=O)[C@@H](CCCCNC(=O)CC[C@H](NC(=O)CCCCCCCCCCCCCCC)C(=O)OC(C)(C)C)NC(=O)OCC1c2ccccc2-c2ccccc21. The van der Waals surface area contributed by atoms with Crippen LogP contribution in [0.15, 0.2) is 61.2 Å². The summed E-state index contributed by atoms with van der Waals surface area (Å²) in [6.07, 6.45) is 18.3. The van der Waals surface area contributed by atoms with Crippen LogP contribution >= 0.6 is 0 Å². The number of carbonyl (C=O) groups is 5. The molecule has 0 bridgehead atoms. The summed E-state index contributed by atoms with van der Waals surface area (Å²) < 4.78 is 16.5. The molecular weight excluding hydrogens is 759 g/mol. The molecule has 2 atom stereocenters. The molecule has 1 aliphatic rings. The standard InChI is InChI=1S/C49H73N3O8/c1-6-8-9-10-11-12-13-14-15-16-17-18-19-31-45(54)51-43(47(56)60-49(3,4)5)32-33-44(53)50-34-25-24-30-42(46(55)58-35-7-2)52-48(57)59-36-41-39-28-22-20-26-37(39)38-27-21-23-29-40(38)41/h7,20-23,26-29,41-43H,2,6,8-19,24-25,30-36H2,1,3-5H3,(H,50,53)(H,51,54)(H,52,57)/t42-,43+/m1/s1. The Morgan fingerprint density at radius 1 is 0.650 bits per heavy atom. The molecule has 11 nitrogen and oxygen atoms in total. The predicted octanol–water partition coefficient (Wildman–Crippen LogP) is 10.00. The maximum absolute atomic E-state index is 13.0. The van der Waals surface area contributed by atoms with Gasteiger partial charge in [0, 0.05) is 25.3 Å². The van der Waals surface area contributed by atoms with Gasteiger partial charge in [0.25, 0.3) is 0 Å². The van der Waals surface area contributed by atoms with Gasteiger partial charge < -0.3 is 30.2 Å². The molecule has 0 aliphatic heterocycles. The van der Waals surface area contributed by atoms with Gasteiger partial charge in [-0.15, -0.1) is 0 Å². The second-order valence-corrected chi connectivity index (χ2v) is 17.0. The van der Waals surface area contributed by atoms with Gasteiger partial charge in [0.15, 0.2) is 0 Å². The van der Waals surface area contributed by atoms with Gasteiger partial charge in [0.2, 0.25) is 11.8 Å². The number of carbonyl (C=O) groups excluding carboxylic acids is 5. The summed E-state index contributed by atoms with van der Waals surface area (Å²) in [5.74, 6) is -1.78. The summed E-state index contributed by atoms with van der Waals surface area (Å²) in [4.78, 5) is 64.5. The van der Waals surface area contributed by atoms with Crippen molar-refractivity contribution in [3.8, 4) is 11.1 Å². The van der Waals surface area contributed by atoms with Crippen molar-refractivity contribution in [1.29, 1.82) is 0 Å². The Hall–Kier alpha value is -4.67. The normalized spacial score (nSPS) is 13.0. The Kier molecular flexibility index (Phi) is 23.2. The lowest BCUT2D eigenvalue weighted by molar-refractivity contribution is -0.159. The fourth-order valence-electron chi connectivity index (χ4n) is 7.53. The molecule has 0 spiro atoms. The Morgan fingerprint density at radius 3 is 1.77 bits per heavy atom. The molecule has 0 unspecified atom stereocenters. The number of unbranched alkanes of at least 4 members (excludes halogenated alkanes) is 13. The molecule has 3 amide bonds. The lowest BCUT2D eigenvalue weighted by Crippen LogP contribution is -2.44. The molecule has 0 saturated carbocycles. The first-order valence-electron chi connectivity index (χ1n) is 22.6. The first kappa shape index (κ1) is 49.7. The zero-order valence-corrected chi connectivity index (χ0v) is 37.0. The van der Waals surface area contributed by atoms with Crippen LogP contribution in [0.4, 0.5) is 4.79 Å². The quantitative estimate of drug-likeness (QED) is 0.0305. The summed E-state index contributed by atoms with van der Waals surface area (Å²) in [7, 11) is 0. The van der Waals surface area contributed by atoms with Crippen molar-refractivity contribution < 1.29 is 38.2 Å². The van der Waals surface area contributed by atoms with E-state index < -0.39 is 35.7 Å². The van der Waals surface area contributed by atoms with E-state index in [2.05, 4.69) is 41.6 Å². The summed E-state index contributed by atoms with van der Waals surface area (Å²) in [5.41, 5.74) is 3.66. The molecule has 2 aromatic rings. The second kappa shape index (κ2) is 28.0. The lowest BCUT2D eigenvalue weighted by atomic mass is 9.98. The van der Waals surface area contributed by atoms with Crippen LogP contribution in [0.1, 0.15) is 167 Å². The number of benzene rings is 2. The summed E-state index contributed by atoms with van der Waals surface area (Å²) >= 11 is 0. The number of amides is 3. The maximum Gasteiger partial charge on any atom is 0.407 e. The molecular formula is C49H73N3O8. The van der Waals surface area contributed by atoms with Crippen LogP contribution in [0, 0.1) is 0 Å². The zero-order chi connectivity index (χ0) is 43.6. The molecule has 0 fully saturated rings. The molecule has 1 aliphatic carbocycles. The Labute approximate surface area is 359 Å². The summed E-state index contributed by atoms with van der Waals surface area (Å²) in [5, 5.41) is 8.34. The Bertz CT molecular complexity index is 1590. The monoisotopic (exact) mass is 832 g/mol. The van der Waals surface area contributed by atoms with Crippen LogP contribution in [0.2, 0.25) is 0 Å². The van der Waals surface area contributed by atoms with Crippen molar-refractivity contribution in [3.63, 3.8) is 0 Å². The smallest absolute Gasteiger partial charge is 0.407 e. The molecule has 332 valence electrons. The van der Waals surface area contributed by atoms with E-state index in [4.69, 9.17) is 14.2 Å². The van der Waals surface area contributed by atoms with Crippen LogP contribution in [-0.2, 0) is 33.4 Å². The third-order valence-corrected chi connectivity index (χ3v) is 10.7. The number of fused-ring (bicyclic) bond motifs is 3. The van der Waals surface area contributed by atoms with E-state index in [9.17, 15) is 24.0 Å². The zero-order valence-electron chi connectivity index (χ0n) is 37.0. The maximum atomic E-state index is 13.0. The average molecular weight is 832 g/mol. The highest BCUT2D eigenvalue weighted by atomic mass is 16.6. The van der Waals surface area contributed by atoms with Gasteiger partial charge in [0.1, 0.15) is 30.9 Å². The number of hydrogen-bond acceptors (Lipinski definition) is 8. The average Bonchev–Trinajstić information content (AvgIpc) is 3.54. The van der Waals surface area contributed by atoms with Crippen molar-refractivity contribution in [3.05, 3.63) is 72.3 Å². The van der Waals surface area contributed by atoms with Gasteiger partial charge in [-0.25, -0.2) is 14.4 Å². The number of hydrogen-bond donors (Lipinski definition) is 3. The fourth-order valence-corrected chi connectivity index (χ4v) is 7.53. The van der Waals surface area contributed by atoms with Crippen LogP contribution in [0.3, 0.4) is 0 Å². The van der Waals surface area contributed by atoms with Gasteiger partial charge in [-0.3, -0.25) is 9.59 Å². The van der Waals surface area contributed by atoms with Crippen molar-refractivity contribution in [2.45, 2.75) is 173 Å². The van der Waals surface area contributed by atoms with E-state index in [1.54, 1.807) is 20.8 Å². The van der Waals surface area contributed by atoms with Gasteiger partial charge >= 0.3 is 18.0 Å². The third kappa shape index (κ3) is 19.1. The van der Waals surface area contributed by atoms with Gasteiger partial charge in [-0.2, -0.15) is 0 Å². The van der Waals surface area contributed by atoms with Crippen molar-refractivity contribution in [1.82, 2.24) is 16.0 Å². The number of rotatable bonds is 30. The minimum Gasteiger partial charge on any atom is -0.460 e. The molecule has 3 N–H and O–H groups in total. The third-order valence-electron chi connectivity index (χ3n) is 10.7. The van der Waals surface area contributed by atoms with Crippen LogP contribution in [0.5, 0.6) is 0 Å². The molecule has 11 heteroatoms. The lowest BCUT2D eigenvalue weighted by Gasteiger charge is -2.24. The minimum absolute atomic E-state index is 0.00193. The Balaban J connectivity index is 1.37. The first-order chi connectivity index (χ1) is 28.9. The van der Waals surface area contributed by atoms with E-state index in [-0.39, 0.29) is 50.2 Å². The number of alkyl carbamates (subject to hydrolysis) is 1. The van der Waals surface area contributed by atoms with Crippen LogP contribution < -0.4 is 16.0 Å². The largest absolute Gasteiger partial charge is 0.460 e. The molecule has 3 rings (SSSR count). The predicted molar refractivity (Wildman–Crippen MR) is 237 cm³/mol. The molecule has 0 saturated heterocycles. The van der Waals surface area contributed by atoms with Crippen molar-refractivity contribution >= 4 is 29.8 Å². The molecule has 0 heterocycles. The van der Waals surface area contributed by atoms with E-state index in [0.29, 0.717) is 25.8 Å². The van der Waals surface area contributed by atoms with E-state index >= 15 is 0 Å². The summed E-state index contributed by atoms with van der Waals surface area (Å²) in [6.45, 7) is 11.6. The first-order valence-corrected chi connectivity index (χ1v) is 22.6. The van der Waals surface area contributed by atoms with Crippen LogP contribution in [0.25, 0.3) is 11.1 Å². The molecule has 0 radical (unpaired) electrons. The summed E-state index contributed by atoms with van der Waals surface area (Å²) in [6, 6.07) is 14.2. The van der Waals surface area contributed by atoms with Gasteiger partial charge in [-0.05, 0) is 75.1 Å². The van der Waals surface area contributed by atoms with E-state index in [1.165, 1.54) is 70.3 Å². The minimum atomic E-state index is -0.950. The van der Waals surface area contributed by atoms with Crippen molar-refractivity contribution in [2.75, 3.05) is 19.8 Å². The molecule has 2 aromatic carbocycles. The number of nitrogens with one attached hydrogen (secondary N) is 3. The van der Waals surface area contributed by atoms with E-state index in [0.717, 1.165) is 41.5 Å². The topological polar surface area (TPSA) is 149 Å². The number of ether oxygens (including phenoxy) is 3. The Morgan fingerprint density at radius 2 is 1.20 bits per heavy atom. The highest BCUT2D eigenvalue weighted by Crippen LogP contribution is 2.44. The van der Waals surface area contributed by atoms with Crippen LogP contribution in [-0.4, -0.2) is 67.3 Å².